The molecule has 0 bridgehead atoms. The third kappa shape index (κ3) is 6.18. The van der Waals surface area contributed by atoms with Gasteiger partial charge in [-0.3, -0.25) is 14.5 Å². The fourth-order valence-electron chi connectivity index (χ4n) is 1.46. The zero-order valence-corrected chi connectivity index (χ0v) is 13.0. The van der Waals surface area contributed by atoms with Gasteiger partial charge in [0, 0.05) is 6.54 Å². The van der Waals surface area contributed by atoms with Crippen molar-refractivity contribution in [3.63, 3.8) is 0 Å². The van der Waals surface area contributed by atoms with E-state index in [2.05, 4.69) is 5.32 Å². The quantitative estimate of drug-likeness (QED) is 0.786. The Morgan fingerprint density at radius 3 is 2.58 bits per heavy atom. The fraction of sp³-hybridized carbons (Fsp3) is 0.538. The first-order valence-corrected chi connectivity index (χ1v) is 7.31. The van der Waals surface area contributed by atoms with E-state index in [-0.39, 0.29) is 24.8 Å². The van der Waals surface area contributed by atoms with Gasteiger partial charge in [-0.15, -0.1) is 11.3 Å². The molecule has 1 aromatic heterocycles. The predicted molar refractivity (Wildman–Crippen MR) is 79.0 cm³/mol. The third-order valence-electron chi connectivity index (χ3n) is 2.38. The van der Waals surface area contributed by atoms with Gasteiger partial charge in [0.05, 0.1) is 22.3 Å². The highest BCUT2D eigenvalue weighted by molar-refractivity contribution is 7.18. The Hall–Kier alpha value is -0.910. The van der Waals surface area contributed by atoms with Gasteiger partial charge in [-0.05, 0) is 25.1 Å². The van der Waals surface area contributed by atoms with Crippen LogP contribution in [0.4, 0.5) is 0 Å². The van der Waals surface area contributed by atoms with E-state index < -0.39 is 0 Å². The normalized spacial score (nSPS) is 11.1. The minimum atomic E-state index is -0.0618. The van der Waals surface area contributed by atoms with E-state index in [1.165, 1.54) is 11.3 Å². The molecular formula is C13H19ClN2O2S. The first-order valence-electron chi connectivity index (χ1n) is 6.12. The molecular weight excluding hydrogens is 284 g/mol. The summed E-state index contributed by atoms with van der Waals surface area (Å²) in [4.78, 5) is 25.8. The number of carbonyl (C=O) groups excluding carboxylic acids is 2. The molecule has 0 saturated heterocycles. The van der Waals surface area contributed by atoms with Gasteiger partial charge in [0.1, 0.15) is 0 Å². The van der Waals surface area contributed by atoms with Gasteiger partial charge in [0.2, 0.25) is 5.91 Å². The average Bonchev–Trinajstić information content (AvgIpc) is 2.73. The summed E-state index contributed by atoms with van der Waals surface area (Å²) in [6.45, 7) is 5.16. The van der Waals surface area contributed by atoms with Crippen molar-refractivity contribution in [1.82, 2.24) is 10.2 Å². The molecule has 0 aliphatic heterocycles. The maximum absolute atomic E-state index is 11.9. The topological polar surface area (TPSA) is 49.4 Å². The molecule has 0 radical (unpaired) electrons. The lowest BCUT2D eigenvalue weighted by Crippen LogP contribution is -2.38. The monoisotopic (exact) mass is 302 g/mol. The van der Waals surface area contributed by atoms with Crippen LogP contribution in [0.3, 0.4) is 0 Å². The highest BCUT2D eigenvalue weighted by Gasteiger charge is 2.14. The number of thiophene rings is 1. The van der Waals surface area contributed by atoms with Gasteiger partial charge in [-0.25, -0.2) is 0 Å². The minimum absolute atomic E-state index is 0.0175. The summed E-state index contributed by atoms with van der Waals surface area (Å²) >= 11 is 7.04. The van der Waals surface area contributed by atoms with Crippen LogP contribution in [0.2, 0.25) is 4.34 Å². The van der Waals surface area contributed by atoms with Gasteiger partial charge in [0.15, 0.2) is 5.78 Å². The number of carbonyl (C=O) groups is 2. The lowest BCUT2D eigenvalue weighted by molar-refractivity contribution is -0.121. The lowest BCUT2D eigenvalue weighted by atomic mass is 10.2. The summed E-state index contributed by atoms with van der Waals surface area (Å²) in [5.74, 6) is 0.341. The smallest absolute Gasteiger partial charge is 0.234 e. The number of ketones is 1. The number of nitrogens with zero attached hydrogens (tertiary/aromatic N) is 1. The van der Waals surface area contributed by atoms with Gasteiger partial charge < -0.3 is 5.32 Å². The molecule has 1 N–H and O–H groups in total. The lowest BCUT2D eigenvalue weighted by Gasteiger charge is -2.15. The first kappa shape index (κ1) is 16.1. The van der Waals surface area contributed by atoms with Crippen LogP contribution in [0, 0.1) is 5.92 Å². The van der Waals surface area contributed by atoms with Crippen molar-refractivity contribution in [2.45, 2.75) is 13.8 Å². The van der Waals surface area contributed by atoms with Crippen LogP contribution in [0.25, 0.3) is 0 Å². The summed E-state index contributed by atoms with van der Waals surface area (Å²) in [5.41, 5.74) is 0. The number of halogens is 1. The van der Waals surface area contributed by atoms with E-state index >= 15 is 0 Å². The predicted octanol–water partition coefficient (Wildman–Crippen LogP) is 2.29. The molecule has 1 aromatic rings. The Balaban J connectivity index is 2.36. The molecule has 0 atom stereocenters. The van der Waals surface area contributed by atoms with Crippen LogP contribution in [0.15, 0.2) is 12.1 Å². The number of rotatable bonds is 7. The van der Waals surface area contributed by atoms with Crippen LogP contribution >= 0.6 is 22.9 Å². The molecule has 1 heterocycles. The Morgan fingerprint density at radius 2 is 2.05 bits per heavy atom. The number of nitrogens with one attached hydrogen (secondary N) is 1. The zero-order chi connectivity index (χ0) is 14.4. The zero-order valence-electron chi connectivity index (χ0n) is 11.4. The van der Waals surface area contributed by atoms with Crippen LogP contribution < -0.4 is 5.32 Å². The molecule has 0 spiro atoms. The van der Waals surface area contributed by atoms with E-state index in [0.717, 1.165) is 0 Å². The molecule has 0 fully saturated rings. The highest BCUT2D eigenvalue weighted by Crippen LogP contribution is 2.21. The number of likely N-dealkylation sites (N-methyl/N-ethyl adjacent to an activating group) is 1. The van der Waals surface area contributed by atoms with Crippen LogP contribution in [-0.2, 0) is 4.79 Å². The SMILES string of the molecule is CC(C)CNC(=O)CN(C)CC(=O)c1ccc(Cl)s1. The van der Waals surface area contributed by atoms with Crippen molar-refractivity contribution in [1.29, 1.82) is 0 Å². The summed E-state index contributed by atoms with van der Waals surface area (Å²) in [6.07, 6.45) is 0. The summed E-state index contributed by atoms with van der Waals surface area (Å²) < 4.78 is 0.598. The summed E-state index contributed by atoms with van der Waals surface area (Å²) in [6, 6.07) is 3.41. The van der Waals surface area contributed by atoms with Crippen molar-refractivity contribution in [3.05, 3.63) is 21.3 Å². The molecule has 6 heteroatoms. The molecule has 1 amide bonds. The average molecular weight is 303 g/mol. The van der Waals surface area contributed by atoms with Crippen molar-refractivity contribution in [3.8, 4) is 0 Å². The molecule has 106 valence electrons. The third-order valence-corrected chi connectivity index (χ3v) is 3.65. The van der Waals surface area contributed by atoms with Crippen molar-refractivity contribution in [2.75, 3.05) is 26.7 Å². The Bertz CT molecular complexity index is 446. The fourth-order valence-corrected chi connectivity index (χ4v) is 2.44. The molecule has 0 aliphatic carbocycles. The first-order chi connectivity index (χ1) is 8.88. The largest absolute Gasteiger partial charge is 0.355 e. The molecule has 1 rings (SSSR count). The van der Waals surface area contributed by atoms with Crippen LogP contribution in [-0.4, -0.2) is 43.3 Å². The molecule has 0 unspecified atom stereocenters. The second-order valence-corrected chi connectivity index (χ2v) is 6.61. The highest BCUT2D eigenvalue weighted by atomic mass is 35.5. The van der Waals surface area contributed by atoms with E-state index in [9.17, 15) is 9.59 Å². The Labute approximate surface area is 122 Å². The number of Topliss-reactive ketones (excluding diaryl/α,β-unsaturated/α-hetero) is 1. The number of hydrogen-bond donors (Lipinski definition) is 1. The summed E-state index contributed by atoms with van der Waals surface area (Å²) in [5, 5.41) is 2.82. The van der Waals surface area contributed by atoms with Crippen molar-refractivity contribution in [2.24, 2.45) is 5.92 Å². The maximum atomic E-state index is 11.9. The van der Waals surface area contributed by atoms with Crippen LogP contribution in [0.1, 0.15) is 23.5 Å². The van der Waals surface area contributed by atoms with E-state index in [4.69, 9.17) is 11.6 Å². The Kier molecular flexibility index (Phi) is 6.48. The van der Waals surface area contributed by atoms with E-state index in [1.54, 1.807) is 24.1 Å². The van der Waals surface area contributed by atoms with E-state index in [1.807, 2.05) is 13.8 Å². The second kappa shape index (κ2) is 7.62. The van der Waals surface area contributed by atoms with E-state index in [0.29, 0.717) is 21.7 Å². The standard InChI is InChI=1S/C13H19ClN2O2S/c1-9(2)6-15-13(18)8-16(3)7-10(17)11-4-5-12(14)19-11/h4-5,9H,6-8H2,1-3H3,(H,15,18). The van der Waals surface area contributed by atoms with Crippen molar-refractivity contribution >= 4 is 34.6 Å². The van der Waals surface area contributed by atoms with Gasteiger partial charge in [0.25, 0.3) is 0 Å². The maximum Gasteiger partial charge on any atom is 0.234 e. The molecule has 0 aliphatic rings. The Morgan fingerprint density at radius 1 is 1.37 bits per heavy atom. The second-order valence-electron chi connectivity index (χ2n) is 4.90. The summed E-state index contributed by atoms with van der Waals surface area (Å²) in [7, 11) is 1.75. The number of hydrogen-bond acceptors (Lipinski definition) is 4. The molecule has 19 heavy (non-hydrogen) atoms. The molecule has 4 nitrogen and oxygen atoms in total. The van der Waals surface area contributed by atoms with Crippen molar-refractivity contribution < 1.29 is 9.59 Å². The number of amides is 1. The van der Waals surface area contributed by atoms with Gasteiger partial charge in [-0.1, -0.05) is 25.4 Å². The minimum Gasteiger partial charge on any atom is -0.355 e. The van der Waals surface area contributed by atoms with Gasteiger partial charge in [-0.2, -0.15) is 0 Å². The van der Waals surface area contributed by atoms with Gasteiger partial charge >= 0.3 is 0 Å². The molecule has 0 saturated carbocycles. The van der Waals surface area contributed by atoms with Crippen LogP contribution in [0.5, 0.6) is 0 Å². The molecule has 0 aromatic carbocycles.